The molecule has 0 spiro atoms. The Morgan fingerprint density at radius 3 is 1.00 bits per heavy atom. The first-order valence-corrected chi connectivity index (χ1v) is 1.34. The van der Waals surface area contributed by atoms with E-state index in [0.717, 1.165) is 0 Å². The molecule has 1 nitrogen and oxygen atoms in total. The van der Waals surface area contributed by atoms with Gasteiger partial charge >= 0.3 is 0 Å². The molecule has 0 atom stereocenters. The summed E-state index contributed by atoms with van der Waals surface area (Å²) in [4.78, 5) is 2.00. The molecular formula is C3H9CaN. The average Bonchev–Trinajstić information content (AvgIpc) is 0.811. The van der Waals surface area contributed by atoms with Crippen LogP contribution in [0, 0.1) is 0 Å². The Morgan fingerprint density at radius 2 is 1.00 bits per heavy atom. The maximum Gasteiger partial charge on any atom is 0 e. The smallest absolute Gasteiger partial charge is 0 e. The number of hydrogen-bond acceptors (Lipinski definition) is 1. The van der Waals surface area contributed by atoms with Crippen molar-refractivity contribution in [3.63, 3.8) is 0 Å². The van der Waals surface area contributed by atoms with Crippen molar-refractivity contribution in [3.8, 4) is 0 Å². The standard InChI is InChI=1S/C3H9N.Ca/c1-4(2)3;/h1-3H3;. The van der Waals surface area contributed by atoms with Crippen molar-refractivity contribution in [2.75, 3.05) is 21.1 Å². The van der Waals surface area contributed by atoms with Crippen LogP contribution in [0.15, 0.2) is 0 Å². The molecule has 0 aliphatic carbocycles. The van der Waals surface area contributed by atoms with E-state index in [1.54, 1.807) is 0 Å². The van der Waals surface area contributed by atoms with Gasteiger partial charge in [0.15, 0.2) is 0 Å². The summed E-state index contributed by atoms with van der Waals surface area (Å²) in [5, 5.41) is 0. The van der Waals surface area contributed by atoms with E-state index in [9.17, 15) is 0 Å². The Bertz CT molecular complexity index is 11.6. The molecule has 0 fully saturated rings. The van der Waals surface area contributed by atoms with Crippen molar-refractivity contribution in [2.24, 2.45) is 0 Å². The van der Waals surface area contributed by atoms with Gasteiger partial charge in [-0.3, -0.25) is 0 Å². The zero-order valence-electron chi connectivity index (χ0n) is 4.15. The van der Waals surface area contributed by atoms with Gasteiger partial charge in [0, 0.05) is 37.7 Å². The predicted octanol–water partition coefficient (Wildman–Crippen LogP) is -0.203. The molecule has 2 heteroatoms. The minimum atomic E-state index is 0. The molecule has 0 aliphatic heterocycles. The van der Waals surface area contributed by atoms with Crippen molar-refractivity contribution >= 4 is 37.7 Å². The van der Waals surface area contributed by atoms with Crippen molar-refractivity contribution < 1.29 is 0 Å². The summed E-state index contributed by atoms with van der Waals surface area (Å²) in [7, 11) is 6.00. The maximum absolute atomic E-state index is 2.00. The minimum absolute atomic E-state index is 0. The molecule has 0 amide bonds. The third-order valence-corrected chi connectivity index (χ3v) is 0. The zero-order valence-corrected chi connectivity index (χ0v) is 6.36. The van der Waals surface area contributed by atoms with E-state index in [0.29, 0.717) is 0 Å². The summed E-state index contributed by atoms with van der Waals surface area (Å²) in [6.07, 6.45) is 0. The molecule has 28 valence electrons. The van der Waals surface area contributed by atoms with Gasteiger partial charge in [0.05, 0.1) is 0 Å². The Hall–Kier alpha value is 1.22. The topological polar surface area (TPSA) is 3.24 Å². The summed E-state index contributed by atoms with van der Waals surface area (Å²) in [6, 6.07) is 0. The fourth-order valence-electron chi connectivity index (χ4n) is 0. The van der Waals surface area contributed by atoms with E-state index in [1.807, 2.05) is 26.0 Å². The average molecular weight is 99.2 g/mol. The quantitative estimate of drug-likeness (QED) is 0.380. The monoisotopic (exact) mass is 99.0 g/mol. The molecule has 5 heavy (non-hydrogen) atoms. The Labute approximate surface area is 63.3 Å². The molecule has 0 heterocycles. The van der Waals surface area contributed by atoms with Crippen LogP contribution in [0.4, 0.5) is 0 Å². The van der Waals surface area contributed by atoms with Crippen LogP contribution in [0.5, 0.6) is 0 Å². The molecule has 0 saturated carbocycles. The van der Waals surface area contributed by atoms with Crippen molar-refractivity contribution in [3.05, 3.63) is 0 Å². The van der Waals surface area contributed by atoms with E-state index in [2.05, 4.69) is 0 Å². The van der Waals surface area contributed by atoms with Crippen LogP contribution in [0.1, 0.15) is 0 Å². The first-order valence-electron chi connectivity index (χ1n) is 1.34. The predicted molar refractivity (Wildman–Crippen MR) is 25.4 cm³/mol. The van der Waals surface area contributed by atoms with Crippen molar-refractivity contribution in [2.45, 2.75) is 0 Å². The second-order valence-electron chi connectivity index (χ2n) is 1.34. The van der Waals surface area contributed by atoms with Gasteiger partial charge < -0.3 is 4.90 Å². The third kappa shape index (κ3) is 36.4. The van der Waals surface area contributed by atoms with Crippen molar-refractivity contribution in [1.29, 1.82) is 0 Å². The number of rotatable bonds is 0. The number of hydrogen-bond donors (Lipinski definition) is 0. The van der Waals surface area contributed by atoms with Crippen LogP contribution in [0.3, 0.4) is 0 Å². The molecule has 0 bridgehead atoms. The fraction of sp³-hybridized carbons (Fsp3) is 1.00. The van der Waals surface area contributed by atoms with E-state index in [4.69, 9.17) is 0 Å². The summed E-state index contributed by atoms with van der Waals surface area (Å²) >= 11 is 0. The first kappa shape index (κ1) is 9.52. The van der Waals surface area contributed by atoms with Gasteiger partial charge in [-0.05, 0) is 21.1 Å². The van der Waals surface area contributed by atoms with Crippen LogP contribution < -0.4 is 0 Å². The van der Waals surface area contributed by atoms with Crippen LogP contribution in [-0.2, 0) is 0 Å². The Balaban J connectivity index is 0. The largest absolute Gasteiger partial charge is 0.312 e. The second kappa shape index (κ2) is 5.22. The molecule has 0 saturated heterocycles. The zero-order chi connectivity index (χ0) is 3.58. The third-order valence-electron chi connectivity index (χ3n) is 0. The second-order valence-corrected chi connectivity index (χ2v) is 1.34. The molecule has 0 N–H and O–H groups in total. The molecule has 0 aromatic carbocycles. The Kier molecular flexibility index (Phi) is 9.94. The van der Waals surface area contributed by atoms with Gasteiger partial charge in [-0.15, -0.1) is 0 Å². The summed E-state index contributed by atoms with van der Waals surface area (Å²) in [5.74, 6) is 0. The molecule has 0 aromatic heterocycles. The first-order chi connectivity index (χ1) is 1.73. The van der Waals surface area contributed by atoms with Gasteiger partial charge in [0.2, 0.25) is 0 Å². The summed E-state index contributed by atoms with van der Waals surface area (Å²) < 4.78 is 0. The summed E-state index contributed by atoms with van der Waals surface area (Å²) in [6.45, 7) is 0. The van der Waals surface area contributed by atoms with Gasteiger partial charge in [-0.2, -0.15) is 0 Å². The van der Waals surface area contributed by atoms with E-state index in [-0.39, 0.29) is 37.7 Å². The van der Waals surface area contributed by atoms with Crippen LogP contribution >= 0.6 is 0 Å². The SMILES string of the molecule is CN(C)C.[Ca]. The normalized spacial score (nSPS) is 7.20. The van der Waals surface area contributed by atoms with Crippen LogP contribution in [0.25, 0.3) is 0 Å². The molecular weight excluding hydrogens is 90.1 g/mol. The van der Waals surface area contributed by atoms with Gasteiger partial charge in [0.25, 0.3) is 0 Å². The van der Waals surface area contributed by atoms with Crippen LogP contribution in [-0.4, -0.2) is 63.8 Å². The van der Waals surface area contributed by atoms with Gasteiger partial charge in [-0.25, -0.2) is 0 Å². The molecule has 0 aromatic rings. The number of nitrogens with zero attached hydrogens (tertiary/aromatic N) is 1. The minimum Gasteiger partial charge on any atom is -0.312 e. The van der Waals surface area contributed by atoms with E-state index in [1.165, 1.54) is 0 Å². The molecule has 0 aliphatic rings. The van der Waals surface area contributed by atoms with Gasteiger partial charge in [0.1, 0.15) is 0 Å². The van der Waals surface area contributed by atoms with Crippen LogP contribution in [0.2, 0.25) is 0 Å². The molecule has 0 unspecified atom stereocenters. The fourth-order valence-corrected chi connectivity index (χ4v) is 0. The van der Waals surface area contributed by atoms with E-state index < -0.39 is 0 Å². The van der Waals surface area contributed by atoms with Gasteiger partial charge in [-0.1, -0.05) is 0 Å². The molecule has 2 radical (unpaired) electrons. The summed E-state index contributed by atoms with van der Waals surface area (Å²) in [5.41, 5.74) is 0. The Morgan fingerprint density at radius 1 is 1.00 bits per heavy atom. The maximum atomic E-state index is 2.00. The molecule has 0 rings (SSSR count). The van der Waals surface area contributed by atoms with Crippen molar-refractivity contribution in [1.82, 2.24) is 4.90 Å². The van der Waals surface area contributed by atoms with E-state index >= 15 is 0 Å².